The standard InChI is InChI=1S/C25H37N3O4S/c1-7-16(4)19(21(29)26-13-10-14-32-15(2)3)27-22(30)20-25(5,6)33-24-18-12-9-8-11-17(18)23(31)28(20)24/h8-9,11-12,15-16,19-20,24H,7,10,13-14H2,1-6H3,(H,26,29)(H,27,30)/t16-,19-,20+,24-/m0/s1. The molecule has 2 heterocycles. The van der Waals surface area contributed by atoms with Crippen LogP contribution in [0.15, 0.2) is 24.3 Å². The highest BCUT2D eigenvalue weighted by Gasteiger charge is 2.57. The Kier molecular flexibility index (Phi) is 8.11. The summed E-state index contributed by atoms with van der Waals surface area (Å²) >= 11 is 1.62. The van der Waals surface area contributed by atoms with E-state index in [4.69, 9.17) is 4.74 Å². The molecule has 3 amide bonds. The van der Waals surface area contributed by atoms with E-state index in [0.29, 0.717) is 25.1 Å². The quantitative estimate of drug-likeness (QED) is 0.506. The highest BCUT2D eigenvalue weighted by atomic mass is 32.2. The maximum atomic E-state index is 13.6. The number of carbonyl (C=O) groups excluding carboxylic acids is 3. The van der Waals surface area contributed by atoms with Gasteiger partial charge < -0.3 is 20.3 Å². The minimum atomic E-state index is -0.661. The molecule has 0 spiro atoms. The lowest BCUT2D eigenvalue weighted by atomic mass is 9.95. The van der Waals surface area contributed by atoms with Crippen molar-refractivity contribution in [3.05, 3.63) is 35.4 Å². The molecule has 0 radical (unpaired) electrons. The zero-order chi connectivity index (χ0) is 24.3. The zero-order valence-corrected chi connectivity index (χ0v) is 21.3. The van der Waals surface area contributed by atoms with Gasteiger partial charge in [0, 0.05) is 23.5 Å². The Balaban J connectivity index is 1.71. The molecule has 7 nitrogen and oxygen atoms in total. The summed E-state index contributed by atoms with van der Waals surface area (Å²) in [4.78, 5) is 41.4. The lowest BCUT2D eigenvalue weighted by Gasteiger charge is -2.32. The van der Waals surface area contributed by atoms with E-state index in [1.54, 1.807) is 16.7 Å². The van der Waals surface area contributed by atoms with Gasteiger partial charge in [0.05, 0.1) is 6.10 Å². The van der Waals surface area contributed by atoms with Crippen molar-refractivity contribution in [1.29, 1.82) is 0 Å². The fourth-order valence-corrected chi connectivity index (χ4v) is 6.04. The Morgan fingerprint density at radius 1 is 1.21 bits per heavy atom. The van der Waals surface area contributed by atoms with Gasteiger partial charge in [0.15, 0.2) is 0 Å². The van der Waals surface area contributed by atoms with Gasteiger partial charge in [-0.25, -0.2) is 0 Å². The molecule has 0 saturated carbocycles. The summed E-state index contributed by atoms with van der Waals surface area (Å²) in [5.74, 6) is -0.637. The van der Waals surface area contributed by atoms with Crippen LogP contribution in [0, 0.1) is 5.92 Å². The van der Waals surface area contributed by atoms with Crippen LogP contribution in [-0.4, -0.2) is 58.7 Å². The molecule has 1 fully saturated rings. The Morgan fingerprint density at radius 2 is 1.91 bits per heavy atom. The van der Waals surface area contributed by atoms with E-state index in [1.165, 1.54) is 0 Å². The fourth-order valence-electron chi connectivity index (χ4n) is 4.45. The summed E-state index contributed by atoms with van der Waals surface area (Å²) in [7, 11) is 0. The topological polar surface area (TPSA) is 87.7 Å². The van der Waals surface area contributed by atoms with Crippen molar-refractivity contribution in [2.45, 2.75) is 82.7 Å². The second-order valence-corrected chi connectivity index (χ2v) is 11.4. The number of benzene rings is 1. The molecule has 0 aromatic heterocycles. The number of hydrogen-bond acceptors (Lipinski definition) is 5. The number of nitrogens with zero attached hydrogens (tertiary/aromatic N) is 1. The van der Waals surface area contributed by atoms with Crippen LogP contribution in [0.2, 0.25) is 0 Å². The normalized spacial score (nSPS) is 22.6. The Hall–Kier alpha value is -2.06. The van der Waals surface area contributed by atoms with Gasteiger partial charge in [-0.3, -0.25) is 14.4 Å². The minimum Gasteiger partial charge on any atom is -0.379 e. The Bertz CT molecular complexity index is 888. The van der Waals surface area contributed by atoms with Crippen LogP contribution in [0.25, 0.3) is 0 Å². The van der Waals surface area contributed by atoms with E-state index in [9.17, 15) is 14.4 Å². The molecule has 1 aromatic carbocycles. The SMILES string of the molecule is CC[C@H](C)[C@H](NC(=O)[C@H]1N2C(=O)c3ccccc3[C@@H]2SC1(C)C)C(=O)NCCCOC(C)C. The molecular weight excluding hydrogens is 438 g/mol. The number of carbonyl (C=O) groups is 3. The molecule has 0 unspecified atom stereocenters. The van der Waals surface area contributed by atoms with Crippen molar-refractivity contribution in [3.8, 4) is 0 Å². The molecule has 3 rings (SSSR count). The molecule has 33 heavy (non-hydrogen) atoms. The van der Waals surface area contributed by atoms with Gasteiger partial charge in [-0.2, -0.15) is 0 Å². The summed E-state index contributed by atoms with van der Waals surface area (Å²) < 4.78 is 5.04. The van der Waals surface area contributed by atoms with E-state index in [-0.39, 0.29) is 35.1 Å². The first kappa shape index (κ1) is 25.6. The van der Waals surface area contributed by atoms with E-state index in [0.717, 1.165) is 12.0 Å². The van der Waals surface area contributed by atoms with Crippen LogP contribution in [0.3, 0.4) is 0 Å². The number of nitrogens with one attached hydrogen (secondary N) is 2. The molecule has 182 valence electrons. The number of fused-ring (bicyclic) bond motifs is 3. The molecule has 2 aliphatic heterocycles. The smallest absolute Gasteiger partial charge is 0.256 e. The van der Waals surface area contributed by atoms with Crippen molar-refractivity contribution < 1.29 is 19.1 Å². The van der Waals surface area contributed by atoms with E-state index >= 15 is 0 Å². The highest BCUT2D eigenvalue weighted by molar-refractivity contribution is 8.01. The number of ether oxygens (including phenoxy) is 1. The third-order valence-electron chi connectivity index (χ3n) is 6.41. The summed E-state index contributed by atoms with van der Waals surface area (Å²) in [6.07, 6.45) is 1.61. The number of amides is 3. The molecular formula is C25H37N3O4S. The minimum absolute atomic E-state index is 0.0414. The van der Waals surface area contributed by atoms with Crippen molar-refractivity contribution in [1.82, 2.24) is 15.5 Å². The van der Waals surface area contributed by atoms with Crippen LogP contribution in [0.4, 0.5) is 0 Å². The van der Waals surface area contributed by atoms with Crippen molar-refractivity contribution >= 4 is 29.5 Å². The number of thioether (sulfide) groups is 1. The summed E-state index contributed by atoms with van der Waals surface area (Å²) in [6.45, 7) is 13.0. The summed E-state index contributed by atoms with van der Waals surface area (Å²) in [5, 5.41) is 5.75. The second-order valence-electron chi connectivity index (χ2n) is 9.71. The molecule has 8 heteroatoms. The van der Waals surface area contributed by atoms with Gasteiger partial charge in [0.1, 0.15) is 17.5 Å². The third-order valence-corrected chi connectivity index (χ3v) is 7.94. The monoisotopic (exact) mass is 475 g/mol. The van der Waals surface area contributed by atoms with Gasteiger partial charge in [-0.1, -0.05) is 38.5 Å². The predicted octanol–water partition coefficient (Wildman–Crippen LogP) is 3.50. The molecule has 1 saturated heterocycles. The molecule has 2 N–H and O–H groups in total. The van der Waals surface area contributed by atoms with E-state index < -0.39 is 16.8 Å². The predicted molar refractivity (Wildman–Crippen MR) is 131 cm³/mol. The lowest BCUT2D eigenvalue weighted by molar-refractivity contribution is -0.133. The Labute approximate surface area is 201 Å². The average molecular weight is 476 g/mol. The van der Waals surface area contributed by atoms with Gasteiger partial charge >= 0.3 is 0 Å². The van der Waals surface area contributed by atoms with Gasteiger partial charge in [-0.05, 0) is 51.7 Å². The molecule has 0 aliphatic carbocycles. The van der Waals surface area contributed by atoms with Crippen LogP contribution < -0.4 is 10.6 Å². The first-order valence-electron chi connectivity index (χ1n) is 11.9. The van der Waals surface area contributed by atoms with Crippen LogP contribution >= 0.6 is 11.8 Å². The van der Waals surface area contributed by atoms with Crippen molar-refractivity contribution in [2.75, 3.05) is 13.2 Å². The largest absolute Gasteiger partial charge is 0.379 e. The van der Waals surface area contributed by atoms with E-state index in [1.807, 2.05) is 65.8 Å². The molecule has 2 aliphatic rings. The summed E-state index contributed by atoms with van der Waals surface area (Å²) in [6, 6.07) is 6.22. The molecule has 4 atom stereocenters. The fraction of sp³-hybridized carbons (Fsp3) is 0.640. The highest BCUT2D eigenvalue weighted by Crippen LogP contribution is 2.56. The first-order chi connectivity index (χ1) is 15.6. The lowest BCUT2D eigenvalue weighted by Crippen LogP contribution is -2.58. The number of hydrogen-bond donors (Lipinski definition) is 2. The maximum absolute atomic E-state index is 13.6. The maximum Gasteiger partial charge on any atom is 0.256 e. The molecule has 1 aromatic rings. The zero-order valence-electron chi connectivity index (χ0n) is 20.5. The van der Waals surface area contributed by atoms with E-state index in [2.05, 4.69) is 10.6 Å². The van der Waals surface area contributed by atoms with Crippen molar-refractivity contribution in [3.63, 3.8) is 0 Å². The first-order valence-corrected chi connectivity index (χ1v) is 12.8. The second kappa shape index (κ2) is 10.5. The third kappa shape index (κ3) is 5.38. The van der Waals surface area contributed by atoms with Crippen molar-refractivity contribution in [2.24, 2.45) is 5.92 Å². The van der Waals surface area contributed by atoms with Gasteiger partial charge in [0.25, 0.3) is 5.91 Å². The number of rotatable bonds is 10. The van der Waals surface area contributed by atoms with Gasteiger partial charge in [0.2, 0.25) is 11.8 Å². The van der Waals surface area contributed by atoms with Gasteiger partial charge in [-0.15, -0.1) is 11.8 Å². The Morgan fingerprint density at radius 3 is 2.58 bits per heavy atom. The van der Waals surface area contributed by atoms with Crippen LogP contribution in [-0.2, 0) is 14.3 Å². The van der Waals surface area contributed by atoms with Crippen LogP contribution in [0.1, 0.15) is 75.7 Å². The average Bonchev–Trinajstić information content (AvgIpc) is 3.20. The molecule has 0 bridgehead atoms. The van der Waals surface area contributed by atoms with Crippen LogP contribution in [0.5, 0.6) is 0 Å². The summed E-state index contributed by atoms with van der Waals surface area (Å²) in [5.41, 5.74) is 1.61.